The van der Waals surface area contributed by atoms with Gasteiger partial charge in [0.25, 0.3) is 0 Å². The first-order chi connectivity index (χ1) is 9.10. The van der Waals surface area contributed by atoms with Crippen LogP contribution in [0.3, 0.4) is 0 Å². The van der Waals surface area contributed by atoms with Gasteiger partial charge in [0.05, 0.1) is 12.1 Å². The van der Waals surface area contributed by atoms with Crippen molar-refractivity contribution in [3.63, 3.8) is 0 Å². The molecule has 2 N–H and O–H groups in total. The quantitative estimate of drug-likeness (QED) is 0.844. The third kappa shape index (κ3) is 3.55. The zero-order valence-electron chi connectivity index (χ0n) is 10.3. The van der Waals surface area contributed by atoms with Crippen LogP contribution in [0.1, 0.15) is 5.56 Å². The van der Waals surface area contributed by atoms with Crippen molar-refractivity contribution in [2.75, 3.05) is 12.8 Å². The van der Waals surface area contributed by atoms with Gasteiger partial charge in [-0.3, -0.25) is 0 Å². The lowest BCUT2D eigenvalue weighted by Gasteiger charge is -2.12. The van der Waals surface area contributed by atoms with Gasteiger partial charge in [-0.2, -0.15) is 0 Å². The summed E-state index contributed by atoms with van der Waals surface area (Å²) < 4.78 is 11.9. The summed E-state index contributed by atoms with van der Waals surface area (Å²) in [6.07, 6.45) is 0. The average Bonchev–Trinajstić information content (AvgIpc) is 2.40. The lowest BCUT2D eigenvalue weighted by atomic mass is 10.2. The predicted molar refractivity (Wildman–Crippen MR) is 80.9 cm³/mol. The van der Waals surface area contributed by atoms with Crippen molar-refractivity contribution in [1.29, 1.82) is 0 Å². The second-order valence-corrected chi connectivity index (χ2v) is 5.26. The fourth-order valence-corrected chi connectivity index (χ4v) is 2.14. The minimum absolute atomic E-state index is 0.361. The number of halogens is 2. The molecular formula is C14H13BrClNO2. The summed E-state index contributed by atoms with van der Waals surface area (Å²) in [7, 11) is 1.60. The molecule has 0 spiro atoms. The average molecular weight is 343 g/mol. The van der Waals surface area contributed by atoms with E-state index in [9.17, 15) is 0 Å². The Kier molecular flexibility index (Phi) is 4.56. The first-order valence-electron chi connectivity index (χ1n) is 5.60. The summed E-state index contributed by atoms with van der Waals surface area (Å²) in [5, 5.41) is 0.567. The number of anilines is 1. The van der Waals surface area contributed by atoms with E-state index in [1.54, 1.807) is 19.2 Å². The first kappa shape index (κ1) is 14.0. The molecule has 0 saturated carbocycles. The third-order valence-corrected chi connectivity index (χ3v) is 3.39. The van der Waals surface area contributed by atoms with Crippen LogP contribution in [-0.2, 0) is 6.61 Å². The van der Waals surface area contributed by atoms with Crippen LogP contribution in [0, 0.1) is 0 Å². The highest BCUT2D eigenvalue weighted by Gasteiger charge is 2.07. The standard InChI is InChI=1S/C14H13BrClNO2/c1-18-13-7-11(17)4-2-9(13)8-19-14-6-10(15)3-5-12(14)16/h2-7H,8,17H2,1H3. The maximum atomic E-state index is 6.06. The van der Waals surface area contributed by atoms with Crippen LogP contribution in [0.2, 0.25) is 5.02 Å². The van der Waals surface area contributed by atoms with E-state index in [2.05, 4.69) is 15.9 Å². The van der Waals surface area contributed by atoms with E-state index >= 15 is 0 Å². The van der Waals surface area contributed by atoms with E-state index in [0.29, 0.717) is 28.8 Å². The smallest absolute Gasteiger partial charge is 0.139 e. The van der Waals surface area contributed by atoms with Crippen molar-refractivity contribution >= 4 is 33.2 Å². The van der Waals surface area contributed by atoms with Gasteiger partial charge in [0.2, 0.25) is 0 Å². The van der Waals surface area contributed by atoms with Crippen LogP contribution >= 0.6 is 27.5 Å². The first-order valence-corrected chi connectivity index (χ1v) is 6.77. The Morgan fingerprint density at radius 2 is 1.95 bits per heavy atom. The number of nitrogens with two attached hydrogens (primary N) is 1. The number of hydrogen-bond acceptors (Lipinski definition) is 3. The molecule has 2 aromatic carbocycles. The Labute approximate surface area is 125 Å². The number of nitrogen functional groups attached to an aromatic ring is 1. The van der Waals surface area contributed by atoms with Gasteiger partial charge >= 0.3 is 0 Å². The molecule has 0 radical (unpaired) electrons. The second kappa shape index (κ2) is 6.17. The molecule has 0 heterocycles. The fourth-order valence-electron chi connectivity index (χ4n) is 1.62. The van der Waals surface area contributed by atoms with Crippen LogP contribution < -0.4 is 15.2 Å². The maximum Gasteiger partial charge on any atom is 0.139 e. The van der Waals surface area contributed by atoms with E-state index in [-0.39, 0.29) is 0 Å². The largest absolute Gasteiger partial charge is 0.496 e. The fraction of sp³-hybridized carbons (Fsp3) is 0.143. The van der Waals surface area contributed by atoms with Gasteiger partial charge in [-0.05, 0) is 30.3 Å². The summed E-state index contributed by atoms with van der Waals surface area (Å²) in [6.45, 7) is 0.361. The van der Waals surface area contributed by atoms with Crippen LogP contribution in [0.15, 0.2) is 40.9 Å². The Hall–Kier alpha value is -1.39. The molecule has 100 valence electrons. The molecule has 0 fully saturated rings. The summed E-state index contributed by atoms with van der Waals surface area (Å²) >= 11 is 9.44. The van der Waals surface area contributed by atoms with E-state index in [1.807, 2.05) is 24.3 Å². The van der Waals surface area contributed by atoms with Gasteiger partial charge in [-0.25, -0.2) is 0 Å². The van der Waals surface area contributed by atoms with E-state index in [0.717, 1.165) is 10.0 Å². The number of methoxy groups -OCH3 is 1. The molecule has 19 heavy (non-hydrogen) atoms. The number of ether oxygens (including phenoxy) is 2. The second-order valence-electron chi connectivity index (χ2n) is 3.93. The number of hydrogen-bond donors (Lipinski definition) is 1. The molecule has 0 bridgehead atoms. The van der Waals surface area contributed by atoms with Crippen molar-refractivity contribution in [3.8, 4) is 11.5 Å². The summed E-state index contributed by atoms with van der Waals surface area (Å²) in [5.74, 6) is 1.32. The minimum atomic E-state index is 0.361. The van der Waals surface area contributed by atoms with Gasteiger partial charge in [-0.15, -0.1) is 0 Å². The van der Waals surface area contributed by atoms with E-state index in [1.165, 1.54) is 0 Å². The molecule has 0 unspecified atom stereocenters. The van der Waals surface area contributed by atoms with Gasteiger partial charge in [0, 0.05) is 21.8 Å². The SMILES string of the molecule is COc1cc(N)ccc1COc1cc(Br)ccc1Cl. The Balaban J connectivity index is 2.16. The highest BCUT2D eigenvalue weighted by molar-refractivity contribution is 9.10. The summed E-state index contributed by atoms with van der Waals surface area (Å²) in [6, 6.07) is 10.9. The Bertz CT molecular complexity index is 590. The highest BCUT2D eigenvalue weighted by atomic mass is 79.9. The molecule has 2 aromatic rings. The minimum Gasteiger partial charge on any atom is -0.496 e. The molecule has 0 aliphatic rings. The van der Waals surface area contributed by atoms with Crippen molar-refractivity contribution in [2.24, 2.45) is 0 Å². The Morgan fingerprint density at radius 3 is 2.68 bits per heavy atom. The topological polar surface area (TPSA) is 44.5 Å². The van der Waals surface area contributed by atoms with Crippen LogP contribution in [0.25, 0.3) is 0 Å². The third-order valence-electron chi connectivity index (χ3n) is 2.59. The summed E-state index contributed by atoms with van der Waals surface area (Å²) in [5.41, 5.74) is 7.27. The molecule has 0 saturated heterocycles. The van der Waals surface area contributed by atoms with Crippen LogP contribution in [-0.4, -0.2) is 7.11 Å². The Morgan fingerprint density at radius 1 is 1.16 bits per heavy atom. The molecular weight excluding hydrogens is 330 g/mol. The van der Waals surface area contributed by atoms with E-state index < -0.39 is 0 Å². The lowest BCUT2D eigenvalue weighted by Crippen LogP contribution is -2.00. The van der Waals surface area contributed by atoms with Crippen LogP contribution in [0.4, 0.5) is 5.69 Å². The molecule has 5 heteroatoms. The molecule has 0 aliphatic heterocycles. The van der Waals surface area contributed by atoms with Crippen molar-refractivity contribution in [1.82, 2.24) is 0 Å². The van der Waals surface area contributed by atoms with E-state index in [4.69, 9.17) is 26.8 Å². The molecule has 0 aliphatic carbocycles. The zero-order chi connectivity index (χ0) is 13.8. The van der Waals surface area contributed by atoms with Gasteiger partial charge in [0.1, 0.15) is 18.1 Å². The van der Waals surface area contributed by atoms with Crippen molar-refractivity contribution in [2.45, 2.75) is 6.61 Å². The maximum absolute atomic E-state index is 6.06. The lowest BCUT2D eigenvalue weighted by molar-refractivity contribution is 0.297. The highest BCUT2D eigenvalue weighted by Crippen LogP contribution is 2.30. The normalized spacial score (nSPS) is 10.3. The van der Waals surface area contributed by atoms with Crippen LogP contribution in [0.5, 0.6) is 11.5 Å². The molecule has 0 amide bonds. The van der Waals surface area contributed by atoms with Crippen molar-refractivity contribution < 1.29 is 9.47 Å². The van der Waals surface area contributed by atoms with Gasteiger partial charge in [-0.1, -0.05) is 27.5 Å². The zero-order valence-corrected chi connectivity index (χ0v) is 12.7. The molecule has 0 atom stereocenters. The predicted octanol–water partition coefficient (Wildman–Crippen LogP) is 4.27. The molecule has 3 nitrogen and oxygen atoms in total. The number of rotatable bonds is 4. The molecule has 0 aromatic heterocycles. The molecule has 2 rings (SSSR count). The monoisotopic (exact) mass is 341 g/mol. The van der Waals surface area contributed by atoms with Crippen molar-refractivity contribution in [3.05, 3.63) is 51.5 Å². The van der Waals surface area contributed by atoms with Gasteiger partial charge in [0.15, 0.2) is 0 Å². The van der Waals surface area contributed by atoms with Gasteiger partial charge < -0.3 is 15.2 Å². The summed E-state index contributed by atoms with van der Waals surface area (Å²) in [4.78, 5) is 0. The number of benzene rings is 2.